The predicted molar refractivity (Wildman–Crippen MR) is 101 cm³/mol. The van der Waals surface area contributed by atoms with Gasteiger partial charge in [-0.1, -0.05) is 12.1 Å². The molecule has 0 amide bonds. The van der Waals surface area contributed by atoms with Crippen LogP contribution in [0, 0.1) is 13.8 Å². The molecule has 1 aromatic carbocycles. The molecule has 0 fully saturated rings. The lowest BCUT2D eigenvalue weighted by molar-refractivity contribution is 0.396. The summed E-state index contributed by atoms with van der Waals surface area (Å²) < 4.78 is 5.08. The van der Waals surface area contributed by atoms with E-state index in [0.29, 0.717) is 18.4 Å². The first-order valence-electron chi connectivity index (χ1n) is 6.72. The Morgan fingerprint density at radius 3 is 2.68 bits per heavy atom. The third kappa shape index (κ3) is 5.18. The molecule has 1 heterocycles. The van der Waals surface area contributed by atoms with Crippen LogP contribution in [0.25, 0.3) is 0 Å². The summed E-state index contributed by atoms with van der Waals surface area (Å²) in [4.78, 5) is 8.57. The van der Waals surface area contributed by atoms with Gasteiger partial charge in [0, 0.05) is 11.8 Å². The Balaban J connectivity index is 0.00000242. The highest BCUT2D eigenvalue weighted by Crippen LogP contribution is 2.14. The van der Waals surface area contributed by atoms with Gasteiger partial charge in [0.1, 0.15) is 0 Å². The molecule has 0 saturated carbocycles. The van der Waals surface area contributed by atoms with Crippen LogP contribution in [0.15, 0.2) is 41.4 Å². The zero-order valence-electron chi connectivity index (χ0n) is 13.0. The van der Waals surface area contributed by atoms with E-state index in [0.717, 1.165) is 11.4 Å². The van der Waals surface area contributed by atoms with E-state index in [2.05, 4.69) is 35.2 Å². The van der Waals surface area contributed by atoms with Gasteiger partial charge >= 0.3 is 0 Å². The van der Waals surface area contributed by atoms with Crippen LogP contribution in [0.3, 0.4) is 0 Å². The van der Waals surface area contributed by atoms with Crippen LogP contribution in [0.4, 0.5) is 5.69 Å². The number of rotatable bonds is 4. The molecule has 3 N–H and O–H groups in total. The van der Waals surface area contributed by atoms with E-state index in [-0.39, 0.29) is 24.0 Å². The highest BCUT2D eigenvalue weighted by Gasteiger charge is 2.00. The second-order valence-electron chi connectivity index (χ2n) is 4.80. The number of hydrogen-bond donors (Lipinski definition) is 2. The van der Waals surface area contributed by atoms with Gasteiger partial charge in [-0.2, -0.15) is 0 Å². The lowest BCUT2D eigenvalue weighted by atomic mass is 10.1. The maximum Gasteiger partial charge on any atom is 0.213 e. The summed E-state index contributed by atoms with van der Waals surface area (Å²) in [6.45, 7) is 4.54. The van der Waals surface area contributed by atoms with E-state index in [4.69, 9.17) is 10.5 Å². The van der Waals surface area contributed by atoms with Crippen molar-refractivity contribution in [1.29, 1.82) is 0 Å². The van der Waals surface area contributed by atoms with Gasteiger partial charge in [-0.3, -0.25) is 0 Å². The number of anilines is 1. The summed E-state index contributed by atoms with van der Waals surface area (Å²) in [5.74, 6) is 0.936. The van der Waals surface area contributed by atoms with Crippen LogP contribution in [-0.2, 0) is 6.54 Å². The molecule has 2 rings (SSSR count). The van der Waals surface area contributed by atoms with Crippen molar-refractivity contribution in [2.45, 2.75) is 20.4 Å². The van der Waals surface area contributed by atoms with Gasteiger partial charge in [-0.15, -0.1) is 24.0 Å². The van der Waals surface area contributed by atoms with Gasteiger partial charge in [-0.05, 0) is 43.2 Å². The normalized spacial score (nSPS) is 10.8. The first-order valence-corrected chi connectivity index (χ1v) is 6.72. The fraction of sp³-hybridized carbons (Fsp3) is 0.250. The Bertz CT molecular complexity index is 658. The molecule has 0 aliphatic heterocycles. The Labute approximate surface area is 148 Å². The number of methoxy groups -OCH3 is 1. The monoisotopic (exact) mass is 412 g/mol. The van der Waals surface area contributed by atoms with E-state index in [1.165, 1.54) is 11.1 Å². The molecule has 0 spiro atoms. The maximum atomic E-state index is 5.89. The number of benzene rings is 1. The summed E-state index contributed by atoms with van der Waals surface area (Å²) >= 11 is 0. The van der Waals surface area contributed by atoms with Crippen LogP contribution < -0.4 is 15.8 Å². The fourth-order valence-electron chi connectivity index (χ4n) is 1.83. The molecular formula is C16H21IN4O. The number of aromatic nitrogens is 1. The predicted octanol–water partition coefficient (Wildman–Crippen LogP) is 3.25. The number of nitrogens with two attached hydrogens (primary N) is 1. The number of ether oxygens (including phenoxy) is 1. The van der Waals surface area contributed by atoms with E-state index in [1.807, 2.05) is 24.3 Å². The van der Waals surface area contributed by atoms with E-state index >= 15 is 0 Å². The molecule has 5 nitrogen and oxygen atoms in total. The Hall–Kier alpha value is -1.83. The molecule has 0 radical (unpaired) electrons. The maximum absolute atomic E-state index is 5.89. The van der Waals surface area contributed by atoms with Crippen molar-refractivity contribution in [1.82, 2.24) is 4.98 Å². The Morgan fingerprint density at radius 2 is 2.00 bits per heavy atom. The van der Waals surface area contributed by atoms with Crippen LogP contribution in [0.5, 0.6) is 5.88 Å². The molecular weight excluding hydrogens is 391 g/mol. The second kappa shape index (κ2) is 8.57. The minimum Gasteiger partial charge on any atom is -0.481 e. The largest absolute Gasteiger partial charge is 0.481 e. The van der Waals surface area contributed by atoms with Gasteiger partial charge in [-0.25, -0.2) is 9.98 Å². The Kier molecular flexibility index (Phi) is 7.10. The number of hydrogen-bond acceptors (Lipinski definition) is 3. The number of halogens is 1. The number of aliphatic imine (C=N–C) groups is 1. The number of pyridine rings is 1. The van der Waals surface area contributed by atoms with Gasteiger partial charge < -0.3 is 15.8 Å². The lowest BCUT2D eigenvalue weighted by Crippen LogP contribution is -2.22. The molecule has 118 valence electrons. The van der Waals surface area contributed by atoms with Crippen molar-refractivity contribution in [3.63, 3.8) is 0 Å². The average Bonchev–Trinajstić information content (AvgIpc) is 2.49. The van der Waals surface area contributed by atoms with Crippen molar-refractivity contribution in [2.24, 2.45) is 10.7 Å². The molecule has 0 aliphatic carbocycles. The second-order valence-corrected chi connectivity index (χ2v) is 4.80. The third-order valence-corrected chi connectivity index (χ3v) is 3.18. The zero-order chi connectivity index (χ0) is 15.2. The van der Waals surface area contributed by atoms with Gasteiger partial charge in [0.2, 0.25) is 5.88 Å². The lowest BCUT2D eigenvalue weighted by Gasteiger charge is -2.08. The molecule has 0 aliphatic rings. The van der Waals surface area contributed by atoms with E-state index < -0.39 is 0 Å². The highest BCUT2D eigenvalue weighted by atomic mass is 127. The van der Waals surface area contributed by atoms with Crippen LogP contribution in [0.2, 0.25) is 0 Å². The minimum absolute atomic E-state index is 0. The quantitative estimate of drug-likeness (QED) is 0.460. The average molecular weight is 412 g/mol. The number of nitrogens with one attached hydrogen (secondary N) is 1. The molecule has 0 atom stereocenters. The molecule has 22 heavy (non-hydrogen) atoms. The first kappa shape index (κ1) is 18.2. The third-order valence-electron chi connectivity index (χ3n) is 3.18. The van der Waals surface area contributed by atoms with Crippen molar-refractivity contribution >= 4 is 35.6 Å². The van der Waals surface area contributed by atoms with Crippen LogP contribution in [-0.4, -0.2) is 18.1 Å². The Morgan fingerprint density at radius 1 is 1.23 bits per heavy atom. The van der Waals surface area contributed by atoms with Crippen molar-refractivity contribution in [2.75, 3.05) is 12.4 Å². The van der Waals surface area contributed by atoms with Crippen LogP contribution in [0.1, 0.15) is 16.8 Å². The summed E-state index contributed by atoms with van der Waals surface area (Å²) in [6, 6.07) is 11.6. The summed E-state index contributed by atoms with van der Waals surface area (Å²) in [6.07, 6.45) is 0. The first-order chi connectivity index (χ1) is 10.1. The number of nitrogens with zero attached hydrogens (tertiary/aromatic N) is 2. The minimum atomic E-state index is 0. The number of aryl methyl sites for hydroxylation is 2. The molecule has 0 bridgehead atoms. The van der Waals surface area contributed by atoms with Gasteiger partial charge in [0.15, 0.2) is 5.96 Å². The molecule has 6 heteroatoms. The smallest absolute Gasteiger partial charge is 0.213 e. The van der Waals surface area contributed by atoms with Crippen molar-refractivity contribution < 1.29 is 4.74 Å². The SMILES string of the molecule is COc1cccc(CN=C(N)Nc2ccc(C)c(C)c2)n1.I. The highest BCUT2D eigenvalue weighted by molar-refractivity contribution is 14.0. The molecule has 2 aromatic rings. The van der Waals surface area contributed by atoms with Gasteiger partial charge in [0.25, 0.3) is 0 Å². The van der Waals surface area contributed by atoms with Gasteiger partial charge in [0.05, 0.1) is 19.3 Å². The molecule has 0 unspecified atom stereocenters. The topological polar surface area (TPSA) is 72.5 Å². The fourth-order valence-corrected chi connectivity index (χ4v) is 1.83. The molecule has 0 saturated heterocycles. The van der Waals surface area contributed by atoms with Crippen molar-refractivity contribution in [3.05, 3.63) is 53.2 Å². The zero-order valence-corrected chi connectivity index (χ0v) is 15.3. The van der Waals surface area contributed by atoms with Crippen molar-refractivity contribution in [3.8, 4) is 5.88 Å². The summed E-state index contributed by atoms with van der Waals surface area (Å²) in [5.41, 5.74) is 10.1. The number of guanidine groups is 1. The summed E-state index contributed by atoms with van der Waals surface area (Å²) in [7, 11) is 1.59. The van der Waals surface area contributed by atoms with E-state index in [1.54, 1.807) is 13.2 Å². The molecule has 1 aromatic heterocycles. The standard InChI is InChI=1S/C16H20N4O.HI/c1-11-7-8-13(9-12(11)2)20-16(17)18-10-14-5-4-6-15(19-14)21-3;/h4-9H,10H2,1-3H3,(H3,17,18,20);1H. The van der Waals surface area contributed by atoms with Crippen LogP contribution >= 0.6 is 24.0 Å². The van der Waals surface area contributed by atoms with E-state index in [9.17, 15) is 0 Å². The summed E-state index contributed by atoms with van der Waals surface area (Å²) in [5, 5.41) is 3.08.